The number of rotatable bonds is 4. The van der Waals surface area contributed by atoms with E-state index in [1.807, 2.05) is 6.07 Å². The second-order valence-electron chi connectivity index (χ2n) is 7.49. The molecular weight excluding hydrogens is 410 g/mol. The summed E-state index contributed by atoms with van der Waals surface area (Å²) in [5.41, 5.74) is 0.582. The Hall–Kier alpha value is -4.52. The van der Waals surface area contributed by atoms with Crippen molar-refractivity contribution < 1.29 is 29.7 Å². The van der Waals surface area contributed by atoms with Crippen molar-refractivity contribution in [1.29, 1.82) is 0 Å². The maximum Gasteiger partial charge on any atom is 0.336 e. The van der Waals surface area contributed by atoms with Crippen LogP contribution in [-0.2, 0) is 0 Å². The van der Waals surface area contributed by atoms with Crippen LogP contribution in [0.4, 0.5) is 0 Å². The van der Waals surface area contributed by atoms with Gasteiger partial charge in [-0.1, -0.05) is 30.3 Å². The van der Waals surface area contributed by atoms with Gasteiger partial charge >= 0.3 is 17.9 Å². The zero-order chi connectivity index (χ0) is 22.7. The molecule has 0 aromatic heterocycles. The highest BCUT2D eigenvalue weighted by molar-refractivity contribution is 6.37. The van der Waals surface area contributed by atoms with Crippen molar-refractivity contribution in [2.75, 3.05) is 7.05 Å². The largest absolute Gasteiger partial charge is 0.478 e. The van der Waals surface area contributed by atoms with E-state index in [2.05, 4.69) is 4.99 Å². The number of fused-ring (bicyclic) bond motifs is 2. The summed E-state index contributed by atoms with van der Waals surface area (Å²) in [5.74, 6) is -3.51. The molecule has 0 amide bonds. The van der Waals surface area contributed by atoms with Gasteiger partial charge in [0.25, 0.3) is 0 Å². The Labute approximate surface area is 180 Å². The normalized spacial score (nSPS) is 11.9. The molecule has 32 heavy (non-hydrogen) atoms. The molecule has 5 aromatic rings. The summed E-state index contributed by atoms with van der Waals surface area (Å²) >= 11 is 0. The minimum absolute atomic E-state index is 0.0976. The smallest absolute Gasteiger partial charge is 0.336 e. The molecule has 0 saturated carbocycles. The van der Waals surface area contributed by atoms with E-state index in [-0.39, 0.29) is 22.1 Å². The molecule has 5 rings (SSSR count). The third-order valence-electron chi connectivity index (χ3n) is 5.89. The molecule has 0 radical (unpaired) electrons. The van der Waals surface area contributed by atoms with Crippen molar-refractivity contribution in [1.82, 2.24) is 0 Å². The number of carboxylic acid groups (broad SMARTS) is 3. The molecule has 0 saturated heterocycles. The predicted octanol–water partition coefficient (Wildman–Crippen LogP) is 4.88. The number of carboxylic acids is 3. The molecule has 0 unspecified atom stereocenters. The predicted molar refractivity (Wildman–Crippen MR) is 122 cm³/mol. The molecule has 7 heteroatoms. The van der Waals surface area contributed by atoms with Crippen molar-refractivity contribution in [3.05, 3.63) is 70.8 Å². The number of hydrogen-bond donors (Lipinski definition) is 3. The number of aliphatic imine (C=N–C) groups is 1. The average molecular weight is 425 g/mol. The van der Waals surface area contributed by atoms with Crippen LogP contribution in [0.15, 0.2) is 53.5 Å². The quantitative estimate of drug-likeness (QED) is 0.214. The summed E-state index contributed by atoms with van der Waals surface area (Å²) in [7, 11) is 1.60. The van der Waals surface area contributed by atoms with Gasteiger partial charge in [-0.05, 0) is 50.5 Å². The third-order valence-corrected chi connectivity index (χ3v) is 5.89. The van der Waals surface area contributed by atoms with Crippen molar-refractivity contribution in [2.45, 2.75) is 0 Å². The van der Waals surface area contributed by atoms with Gasteiger partial charge in [0.05, 0.1) is 16.7 Å². The van der Waals surface area contributed by atoms with Gasteiger partial charge in [-0.15, -0.1) is 0 Å². The first-order valence-corrected chi connectivity index (χ1v) is 9.67. The monoisotopic (exact) mass is 425 g/mol. The van der Waals surface area contributed by atoms with Crippen molar-refractivity contribution in [3.63, 3.8) is 0 Å². The highest BCUT2D eigenvalue weighted by atomic mass is 16.4. The molecule has 0 aliphatic carbocycles. The van der Waals surface area contributed by atoms with Gasteiger partial charge in [0.15, 0.2) is 0 Å². The maximum atomic E-state index is 12.0. The Kier molecular flexibility index (Phi) is 4.10. The lowest BCUT2D eigenvalue weighted by Gasteiger charge is -2.18. The molecule has 0 bridgehead atoms. The van der Waals surface area contributed by atoms with E-state index in [4.69, 9.17) is 0 Å². The van der Waals surface area contributed by atoms with Gasteiger partial charge in [0.2, 0.25) is 0 Å². The van der Waals surface area contributed by atoms with Crippen LogP contribution in [0.2, 0.25) is 0 Å². The van der Waals surface area contributed by atoms with E-state index >= 15 is 0 Å². The van der Waals surface area contributed by atoms with Gasteiger partial charge in [0, 0.05) is 29.6 Å². The van der Waals surface area contributed by atoms with Crippen LogP contribution in [0.5, 0.6) is 0 Å². The molecular formula is C25H15NO6. The van der Waals surface area contributed by atoms with E-state index in [0.717, 1.165) is 0 Å². The van der Waals surface area contributed by atoms with Crippen LogP contribution in [0.25, 0.3) is 43.1 Å². The zero-order valence-corrected chi connectivity index (χ0v) is 16.7. The average Bonchev–Trinajstić information content (AvgIpc) is 2.76. The van der Waals surface area contributed by atoms with Crippen molar-refractivity contribution >= 4 is 67.2 Å². The third kappa shape index (κ3) is 2.48. The molecule has 5 aromatic carbocycles. The first-order valence-electron chi connectivity index (χ1n) is 9.67. The Balaban J connectivity index is 2.15. The summed E-state index contributed by atoms with van der Waals surface area (Å²) in [6.45, 7) is 0. The van der Waals surface area contributed by atoms with E-state index in [1.54, 1.807) is 37.5 Å². The molecule has 0 heterocycles. The van der Waals surface area contributed by atoms with E-state index in [9.17, 15) is 29.7 Å². The molecule has 0 aliphatic heterocycles. The van der Waals surface area contributed by atoms with E-state index in [1.165, 1.54) is 18.2 Å². The summed E-state index contributed by atoms with van der Waals surface area (Å²) in [4.78, 5) is 39.9. The molecule has 0 atom stereocenters. The molecule has 0 spiro atoms. The molecule has 0 aliphatic rings. The van der Waals surface area contributed by atoms with Crippen LogP contribution >= 0.6 is 0 Å². The zero-order valence-electron chi connectivity index (χ0n) is 16.7. The van der Waals surface area contributed by atoms with Crippen LogP contribution < -0.4 is 0 Å². The number of carbonyl (C=O) groups is 3. The second kappa shape index (κ2) is 6.75. The minimum atomic E-state index is -1.22. The number of benzene rings is 5. The highest BCUT2D eigenvalue weighted by Gasteiger charge is 2.23. The van der Waals surface area contributed by atoms with Gasteiger partial charge in [-0.25, -0.2) is 14.4 Å². The van der Waals surface area contributed by atoms with Gasteiger partial charge in [0.1, 0.15) is 0 Å². The molecule has 3 N–H and O–H groups in total. The number of aromatic carboxylic acids is 3. The van der Waals surface area contributed by atoms with E-state index < -0.39 is 17.9 Å². The lowest BCUT2D eigenvalue weighted by atomic mass is 9.84. The first kappa shape index (κ1) is 19.4. The SMILES string of the molecule is CN=Cc1ccc2c3ccc(C(=O)O)c4c(C(=O)O)ccc(c5ccc(C(=O)O)c1c25)c43. The van der Waals surface area contributed by atoms with Gasteiger partial charge < -0.3 is 15.3 Å². The van der Waals surface area contributed by atoms with Crippen molar-refractivity contribution in [3.8, 4) is 0 Å². The Morgan fingerprint density at radius 2 is 0.969 bits per heavy atom. The molecule has 7 nitrogen and oxygen atoms in total. The van der Waals surface area contributed by atoms with Crippen molar-refractivity contribution in [2.24, 2.45) is 4.99 Å². The molecule has 0 fully saturated rings. The number of hydrogen-bond acceptors (Lipinski definition) is 4. The van der Waals surface area contributed by atoms with E-state index in [0.29, 0.717) is 43.3 Å². The minimum Gasteiger partial charge on any atom is -0.478 e. The lowest BCUT2D eigenvalue weighted by molar-refractivity contribution is 0.0685. The fraction of sp³-hybridized carbons (Fsp3) is 0.0400. The second-order valence-corrected chi connectivity index (χ2v) is 7.49. The Morgan fingerprint density at radius 3 is 1.38 bits per heavy atom. The highest BCUT2D eigenvalue weighted by Crippen LogP contribution is 2.43. The fourth-order valence-corrected chi connectivity index (χ4v) is 4.70. The summed E-state index contributed by atoms with van der Waals surface area (Å²) in [6.07, 6.45) is 1.60. The van der Waals surface area contributed by atoms with Crippen LogP contribution in [0.1, 0.15) is 36.6 Å². The van der Waals surface area contributed by atoms with Crippen LogP contribution in [0.3, 0.4) is 0 Å². The standard InChI is InChI=1S/C25H15NO6/c1-26-10-11-2-3-12-14-5-8-17(24(29)30)22-18(25(31)32)9-6-15(21(14)22)13-4-7-16(23(27)28)19(11)20(12)13/h2-10H,1H3,(H,27,28)(H,29,30)(H,31,32). The lowest BCUT2D eigenvalue weighted by Crippen LogP contribution is -2.06. The van der Waals surface area contributed by atoms with Gasteiger partial charge in [-0.2, -0.15) is 0 Å². The summed E-state index contributed by atoms with van der Waals surface area (Å²) < 4.78 is 0. The first-order chi connectivity index (χ1) is 15.3. The summed E-state index contributed by atoms with van der Waals surface area (Å²) in [5, 5.41) is 33.9. The van der Waals surface area contributed by atoms with Crippen LogP contribution in [-0.4, -0.2) is 46.5 Å². The Bertz CT molecular complexity index is 1600. The Morgan fingerprint density at radius 1 is 0.594 bits per heavy atom. The van der Waals surface area contributed by atoms with Crippen LogP contribution in [0, 0.1) is 0 Å². The topological polar surface area (TPSA) is 124 Å². The number of nitrogens with zero attached hydrogens (tertiary/aromatic N) is 1. The summed E-state index contributed by atoms with van der Waals surface area (Å²) in [6, 6.07) is 12.9. The maximum absolute atomic E-state index is 12.0. The fourth-order valence-electron chi connectivity index (χ4n) is 4.70. The van der Waals surface area contributed by atoms with Gasteiger partial charge in [-0.3, -0.25) is 4.99 Å². The molecule has 156 valence electrons.